The number of nitrogens with two attached hydrogens (primary N) is 1. The molecule has 0 aliphatic rings. The van der Waals surface area contributed by atoms with Crippen LogP contribution in [0.15, 0.2) is 21.1 Å². The van der Waals surface area contributed by atoms with E-state index in [0.717, 1.165) is 10.0 Å². The van der Waals surface area contributed by atoms with E-state index in [2.05, 4.69) is 36.7 Å². The molecule has 12 heavy (non-hydrogen) atoms. The number of phenolic OH excluding ortho intramolecular Hbond substituents is 1. The molecule has 0 atom stereocenters. The van der Waals surface area contributed by atoms with Crippen molar-refractivity contribution in [2.75, 3.05) is 0 Å². The Hall–Kier alpha value is -0.100. The predicted octanol–water partition coefficient (Wildman–Crippen LogP) is 2.31. The van der Waals surface area contributed by atoms with Gasteiger partial charge >= 0.3 is 0 Å². The molecule has 0 aromatic heterocycles. The van der Waals surface area contributed by atoms with E-state index >= 15 is 0 Å². The standard InChI is InChI=1S/C7H7Br2NO2/c8-5-2-6(9)7(11)1-4(5)3-12-10/h1-2,11H,3,10H2. The lowest BCUT2D eigenvalue weighted by Gasteiger charge is -2.04. The monoisotopic (exact) mass is 295 g/mol. The summed E-state index contributed by atoms with van der Waals surface area (Å²) in [6.07, 6.45) is 0. The molecule has 0 amide bonds. The molecule has 3 nitrogen and oxygen atoms in total. The molecule has 0 unspecified atom stereocenters. The maximum Gasteiger partial charge on any atom is 0.130 e. The maximum atomic E-state index is 9.29. The summed E-state index contributed by atoms with van der Waals surface area (Å²) in [6.45, 7) is 0.265. The van der Waals surface area contributed by atoms with Gasteiger partial charge < -0.3 is 5.11 Å². The lowest BCUT2D eigenvalue weighted by molar-refractivity contribution is 0.123. The number of hydrogen-bond donors (Lipinski definition) is 2. The first kappa shape index (κ1) is 9.98. The largest absolute Gasteiger partial charge is 0.507 e. The molecule has 66 valence electrons. The van der Waals surface area contributed by atoms with Crippen molar-refractivity contribution in [3.63, 3.8) is 0 Å². The van der Waals surface area contributed by atoms with E-state index < -0.39 is 0 Å². The zero-order valence-electron chi connectivity index (χ0n) is 6.05. The molecular formula is C7H7Br2NO2. The first-order valence-electron chi connectivity index (χ1n) is 3.13. The zero-order chi connectivity index (χ0) is 9.14. The minimum atomic E-state index is 0.172. The highest BCUT2D eigenvalue weighted by Crippen LogP contribution is 2.30. The number of aromatic hydroxyl groups is 1. The van der Waals surface area contributed by atoms with Gasteiger partial charge in [0.25, 0.3) is 0 Å². The fourth-order valence-corrected chi connectivity index (χ4v) is 1.89. The average molecular weight is 297 g/mol. The smallest absolute Gasteiger partial charge is 0.130 e. The highest BCUT2D eigenvalue weighted by atomic mass is 79.9. The van der Waals surface area contributed by atoms with Gasteiger partial charge in [-0.2, -0.15) is 0 Å². The van der Waals surface area contributed by atoms with Gasteiger partial charge in [0.1, 0.15) is 5.75 Å². The summed E-state index contributed by atoms with van der Waals surface area (Å²) in [5.74, 6) is 5.07. The number of halogens is 2. The Bertz CT molecular complexity index is 291. The van der Waals surface area contributed by atoms with E-state index in [0.29, 0.717) is 4.47 Å². The minimum Gasteiger partial charge on any atom is -0.507 e. The molecule has 3 N–H and O–H groups in total. The van der Waals surface area contributed by atoms with Gasteiger partial charge in [-0.3, -0.25) is 4.84 Å². The molecule has 1 rings (SSSR count). The summed E-state index contributed by atoms with van der Waals surface area (Å²) in [5.41, 5.74) is 0.804. The summed E-state index contributed by atoms with van der Waals surface area (Å²) < 4.78 is 1.48. The fraction of sp³-hybridized carbons (Fsp3) is 0.143. The second kappa shape index (κ2) is 4.23. The molecule has 0 aliphatic heterocycles. The third-order valence-corrected chi connectivity index (χ3v) is 2.73. The molecule has 0 saturated carbocycles. The van der Waals surface area contributed by atoms with Gasteiger partial charge in [-0.15, -0.1) is 0 Å². The van der Waals surface area contributed by atoms with Gasteiger partial charge in [0, 0.05) is 4.47 Å². The molecule has 0 aliphatic carbocycles. The van der Waals surface area contributed by atoms with Crippen molar-refractivity contribution in [2.24, 2.45) is 5.90 Å². The molecule has 0 fully saturated rings. The van der Waals surface area contributed by atoms with Crippen LogP contribution < -0.4 is 5.90 Å². The van der Waals surface area contributed by atoms with Crippen LogP contribution >= 0.6 is 31.9 Å². The normalized spacial score (nSPS) is 10.2. The number of rotatable bonds is 2. The Balaban J connectivity index is 3.05. The van der Waals surface area contributed by atoms with Gasteiger partial charge in [0.2, 0.25) is 0 Å². The van der Waals surface area contributed by atoms with Gasteiger partial charge in [0.15, 0.2) is 0 Å². The summed E-state index contributed by atoms with van der Waals surface area (Å²) in [4.78, 5) is 4.45. The molecule has 5 heteroatoms. The second-order valence-corrected chi connectivity index (χ2v) is 3.91. The van der Waals surface area contributed by atoms with Gasteiger partial charge in [-0.25, -0.2) is 5.90 Å². The molecule has 1 aromatic carbocycles. The third-order valence-electron chi connectivity index (χ3n) is 1.35. The quantitative estimate of drug-likeness (QED) is 0.824. The van der Waals surface area contributed by atoms with E-state index in [1.165, 1.54) is 0 Å². The summed E-state index contributed by atoms with van der Waals surface area (Å²) in [6, 6.07) is 3.32. The van der Waals surface area contributed by atoms with Crippen molar-refractivity contribution < 1.29 is 9.94 Å². The van der Waals surface area contributed by atoms with Crippen molar-refractivity contribution in [1.82, 2.24) is 0 Å². The van der Waals surface area contributed by atoms with Crippen LogP contribution in [0.3, 0.4) is 0 Å². The lowest BCUT2D eigenvalue weighted by atomic mass is 10.2. The van der Waals surface area contributed by atoms with Crippen LogP contribution in [-0.2, 0) is 11.4 Å². The van der Waals surface area contributed by atoms with Crippen molar-refractivity contribution in [1.29, 1.82) is 0 Å². The van der Waals surface area contributed by atoms with Gasteiger partial charge in [-0.1, -0.05) is 15.9 Å². The van der Waals surface area contributed by atoms with Crippen LogP contribution in [-0.4, -0.2) is 5.11 Å². The van der Waals surface area contributed by atoms with Crippen molar-refractivity contribution in [2.45, 2.75) is 6.61 Å². The molecule has 0 radical (unpaired) electrons. The summed E-state index contributed by atoms with van der Waals surface area (Å²) in [7, 11) is 0. The van der Waals surface area contributed by atoms with Crippen molar-refractivity contribution >= 4 is 31.9 Å². The zero-order valence-corrected chi connectivity index (χ0v) is 9.22. The lowest BCUT2D eigenvalue weighted by Crippen LogP contribution is -1.99. The van der Waals surface area contributed by atoms with E-state index in [1.807, 2.05) is 0 Å². The highest BCUT2D eigenvalue weighted by Gasteiger charge is 2.04. The molecular weight excluding hydrogens is 290 g/mol. The van der Waals surface area contributed by atoms with E-state index in [1.54, 1.807) is 12.1 Å². The van der Waals surface area contributed by atoms with E-state index in [-0.39, 0.29) is 12.4 Å². The Morgan fingerprint density at radius 1 is 1.33 bits per heavy atom. The number of hydrogen-bond acceptors (Lipinski definition) is 3. The maximum absolute atomic E-state index is 9.29. The molecule has 0 heterocycles. The van der Waals surface area contributed by atoms with Crippen LogP contribution in [0.1, 0.15) is 5.56 Å². The minimum absolute atomic E-state index is 0.172. The van der Waals surface area contributed by atoms with Crippen molar-refractivity contribution in [3.8, 4) is 5.75 Å². The summed E-state index contributed by atoms with van der Waals surface area (Å²) in [5, 5.41) is 9.29. The van der Waals surface area contributed by atoms with E-state index in [4.69, 9.17) is 5.90 Å². The number of phenols is 1. The van der Waals surface area contributed by atoms with Crippen LogP contribution in [0.5, 0.6) is 5.75 Å². The third kappa shape index (κ3) is 2.20. The molecule has 0 bridgehead atoms. The number of benzene rings is 1. The van der Waals surface area contributed by atoms with Gasteiger partial charge in [0.05, 0.1) is 11.1 Å². The van der Waals surface area contributed by atoms with Crippen LogP contribution in [0.4, 0.5) is 0 Å². The average Bonchev–Trinajstić information content (AvgIpc) is 2.01. The fourth-order valence-electron chi connectivity index (χ4n) is 0.781. The molecule has 1 aromatic rings. The predicted molar refractivity (Wildman–Crippen MR) is 52.5 cm³/mol. The van der Waals surface area contributed by atoms with Crippen LogP contribution in [0.2, 0.25) is 0 Å². The SMILES string of the molecule is NOCc1cc(O)c(Br)cc1Br. The molecule has 0 saturated heterocycles. The van der Waals surface area contributed by atoms with Crippen molar-refractivity contribution in [3.05, 3.63) is 26.6 Å². The second-order valence-electron chi connectivity index (χ2n) is 2.21. The molecule has 0 spiro atoms. The van der Waals surface area contributed by atoms with E-state index in [9.17, 15) is 5.11 Å². The topological polar surface area (TPSA) is 55.5 Å². The van der Waals surface area contributed by atoms with Crippen LogP contribution in [0.25, 0.3) is 0 Å². The van der Waals surface area contributed by atoms with Gasteiger partial charge in [-0.05, 0) is 33.6 Å². The Labute approximate surface area is 86.7 Å². The first-order valence-corrected chi connectivity index (χ1v) is 4.72. The first-order chi connectivity index (χ1) is 5.65. The highest BCUT2D eigenvalue weighted by molar-refractivity contribution is 9.11. The summed E-state index contributed by atoms with van der Waals surface area (Å²) >= 11 is 6.48. The van der Waals surface area contributed by atoms with Crippen LogP contribution in [0, 0.1) is 0 Å². The Kier molecular flexibility index (Phi) is 3.52. The Morgan fingerprint density at radius 3 is 2.58 bits per heavy atom. The Morgan fingerprint density at radius 2 is 2.00 bits per heavy atom.